The molecule has 0 heterocycles. The van der Waals surface area contributed by atoms with Crippen LogP contribution in [-0.4, -0.2) is 20.0 Å². The van der Waals surface area contributed by atoms with Crippen LogP contribution in [0.3, 0.4) is 0 Å². The van der Waals surface area contributed by atoms with E-state index in [1.54, 1.807) is 18.2 Å². The second kappa shape index (κ2) is 6.70. The van der Waals surface area contributed by atoms with Crippen LogP contribution in [0.2, 0.25) is 0 Å². The average Bonchev–Trinajstić information content (AvgIpc) is 2.35. The van der Waals surface area contributed by atoms with Crippen molar-refractivity contribution >= 4 is 10.0 Å². The van der Waals surface area contributed by atoms with Crippen LogP contribution in [-0.2, 0) is 16.6 Å². The zero-order chi connectivity index (χ0) is 15.4. The zero-order valence-corrected chi connectivity index (χ0v) is 13.8. The van der Waals surface area contributed by atoms with E-state index in [0.717, 1.165) is 12.0 Å². The van der Waals surface area contributed by atoms with Gasteiger partial charge < -0.3 is 5.32 Å². The molecule has 0 aliphatic heterocycles. The van der Waals surface area contributed by atoms with Crippen molar-refractivity contribution in [2.75, 3.05) is 0 Å². The minimum atomic E-state index is -3.47. The van der Waals surface area contributed by atoms with Crippen molar-refractivity contribution in [1.29, 1.82) is 0 Å². The van der Waals surface area contributed by atoms with Gasteiger partial charge in [-0.3, -0.25) is 0 Å². The summed E-state index contributed by atoms with van der Waals surface area (Å²) >= 11 is 0. The molecule has 0 saturated carbocycles. The number of hydrogen-bond donors (Lipinski definition) is 2. The zero-order valence-electron chi connectivity index (χ0n) is 13.0. The molecule has 20 heavy (non-hydrogen) atoms. The highest BCUT2D eigenvalue weighted by atomic mass is 32.2. The maximum atomic E-state index is 12.4. The first-order valence-corrected chi connectivity index (χ1v) is 8.51. The first-order valence-electron chi connectivity index (χ1n) is 7.02. The van der Waals surface area contributed by atoms with Gasteiger partial charge in [-0.1, -0.05) is 32.9 Å². The van der Waals surface area contributed by atoms with Crippen LogP contribution in [0.5, 0.6) is 0 Å². The highest BCUT2D eigenvalue weighted by Gasteiger charge is 2.24. The fraction of sp³-hybridized carbons (Fsp3) is 0.600. The summed E-state index contributed by atoms with van der Waals surface area (Å²) < 4.78 is 27.5. The third-order valence-electron chi connectivity index (χ3n) is 3.22. The Labute approximate surface area is 123 Å². The molecule has 1 aromatic carbocycles. The summed E-state index contributed by atoms with van der Waals surface area (Å²) in [7, 11) is -3.47. The Morgan fingerprint density at radius 3 is 2.45 bits per heavy atom. The third-order valence-corrected chi connectivity index (χ3v) is 4.91. The van der Waals surface area contributed by atoms with Gasteiger partial charge in [0.1, 0.15) is 0 Å². The molecule has 0 amide bonds. The van der Waals surface area contributed by atoms with Crippen molar-refractivity contribution < 1.29 is 8.42 Å². The lowest BCUT2D eigenvalue weighted by atomic mass is 10.0. The third kappa shape index (κ3) is 5.23. The molecule has 1 aromatic rings. The minimum Gasteiger partial charge on any atom is -0.310 e. The number of hydrogen-bond acceptors (Lipinski definition) is 3. The number of rotatable bonds is 7. The molecule has 5 heteroatoms. The number of nitrogens with one attached hydrogen (secondary N) is 2. The highest BCUT2D eigenvalue weighted by molar-refractivity contribution is 7.89. The Kier molecular flexibility index (Phi) is 5.74. The van der Waals surface area contributed by atoms with Gasteiger partial charge in [0.15, 0.2) is 0 Å². The summed E-state index contributed by atoms with van der Waals surface area (Å²) in [5.74, 6) is 0. The Bertz CT molecular complexity index is 537. The molecule has 114 valence electrons. The fourth-order valence-corrected chi connectivity index (χ4v) is 3.19. The van der Waals surface area contributed by atoms with Gasteiger partial charge in [0.05, 0.1) is 4.90 Å². The van der Waals surface area contributed by atoms with Gasteiger partial charge >= 0.3 is 0 Å². The maximum absolute atomic E-state index is 12.4. The summed E-state index contributed by atoms with van der Waals surface area (Å²) in [5.41, 5.74) is 0.529. The summed E-state index contributed by atoms with van der Waals surface area (Å²) in [6.45, 7) is 10.5. The Morgan fingerprint density at radius 1 is 1.25 bits per heavy atom. The lowest BCUT2D eigenvalue weighted by molar-refractivity contribution is 0.439. The van der Waals surface area contributed by atoms with Gasteiger partial charge in [-0.05, 0) is 38.0 Å². The van der Waals surface area contributed by atoms with E-state index in [-0.39, 0.29) is 0 Å². The van der Waals surface area contributed by atoms with E-state index in [2.05, 4.69) is 23.9 Å². The van der Waals surface area contributed by atoms with E-state index in [9.17, 15) is 8.42 Å². The van der Waals surface area contributed by atoms with Crippen LogP contribution < -0.4 is 10.0 Å². The predicted molar refractivity (Wildman–Crippen MR) is 83.1 cm³/mol. The van der Waals surface area contributed by atoms with E-state index in [1.807, 2.05) is 26.8 Å². The molecule has 0 fully saturated rings. The molecule has 4 nitrogen and oxygen atoms in total. The number of benzene rings is 1. The predicted octanol–water partition coefficient (Wildman–Crippen LogP) is 2.65. The highest BCUT2D eigenvalue weighted by Crippen LogP contribution is 2.16. The summed E-state index contributed by atoms with van der Waals surface area (Å²) in [4.78, 5) is 0.321. The van der Waals surface area contributed by atoms with Crippen molar-refractivity contribution in [3.8, 4) is 0 Å². The second-order valence-electron chi connectivity index (χ2n) is 6.03. The van der Waals surface area contributed by atoms with Crippen molar-refractivity contribution in [2.45, 2.75) is 64.1 Å². The molecule has 0 radical (unpaired) electrons. The molecule has 0 saturated heterocycles. The van der Waals surface area contributed by atoms with Crippen LogP contribution in [0.1, 0.15) is 46.6 Å². The van der Waals surface area contributed by atoms with E-state index < -0.39 is 15.6 Å². The smallest absolute Gasteiger partial charge is 0.241 e. The molecule has 0 atom stereocenters. The Hall–Kier alpha value is -0.910. The lowest BCUT2D eigenvalue weighted by Crippen LogP contribution is -2.42. The average molecular weight is 298 g/mol. The number of sulfonamides is 1. The van der Waals surface area contributed by atoms with Crippen LogP contribution in [0.15, 0.2) is 29.2 Å². The fourth-order valence-electron chi connectivity index (χ4n) is 1.64. The first kappa shape index (κ1) is 17.1. The lowest BCUT2D eigenvalue weighted by Gasteiger charge is -2.24. The van der Waals surface area contributed by atoms with Gasteiger partial charge in [0.25, 0.3) is 0 Å². The van der Waals surface area contributed by atoms with Crippen LogP contribution >= 0.6 is 0 Å². The normalized spacial score (nSPS) is 12.9. The van der Waals surface area contributed by atoms with Gasteiger partial charge in [-0.2, -0.15) is 0 Å². The summed E-state index contributed by atoms with van der Waals surface area (Å²) in [6, 6.07) is 7.44. The van der Waals surface area contributed by atoms with Crippen molar-refractivity contribution in [3.63, 3.8) is 0 Å². The van der Waals surface area contributed by atoms with E-state index >= 15 is 0 Å². The van der Waals surface area contributed by atoms with E-state index in [0.29, 0.717) is 17.5 Å². The largest absolute Gasteiger partial charge is 0.310 e. The molecular weight excluding hydrogens is 272 g/mol. The van der Waals surface area contributed by atoms with Gasteiger partial charge in [0.2, 0.25) is 10.0 Å². The maximum Gasteiger partial charge on any atom is 0.241 e. The standard InChI is InChI=1S/C15H26N2O2S/c1-6-15(4,5)17-20(18,19)14-9-7-8-13(10-14)11-16-12(2)3/h7-10,12,16-17H,6,11H2,1-5H3. The molecule has 2 N–H and O–H groups in total. The van der Waals surface area contributed by atoms with Crippen LogP contribution in [0.25, 0.3) is 0 Å². The summed E-state index contributed by atoms with van der Waals surface area (Å²) in [5, 5.41) is 3.28. The molecule has 0 aliphatic carbocycles. The second-order valence-corrected chi connectivity index (χ2v) is 7.71. The monoisotopic (exact) mass is 298 g/mol. The Balaban J connectivity index is 2.93. The molecule has 0 aliphatic rings. The topological polar surface area (TPSA) is 58.2 Å². The minimum absolute atomic E-state index is 0.321. The van der Waals surface area contributed by atoms with Crippen molar-refractivity contribution in [3.05, 3.63) is 29.8 Å². The molecule has 0 unspecified atom stereocenters. The van der Waals surface area contributed by atoms with Crippen LogP contribution in [0.4, 0.5) is 0 Å². The van der Waals surface area contributed by atoms with E-state index in [1.165, 1.54) is 0 Å². The SMILES string of the molecule is CCC(C)(C)NS(=O)(=O)c1cccc(CNC(C)C)c1. The van der Waals surface area contributed by atoms with Crippen molar-refractivity contribution in [1.82, 2.24) is 10.0 Å². The first-order chi connectivity index (χ1) is 9.16. The van der Waals surface area contributed by atoms with Gasteiger partial charge in [-0.15, -0.1) is 0 Å². The molecule has 0 aromatic heterocycles. The Morgan fingerprint density at radius 2 is 1.90 bits per heavy atom. The molecule has 0 bridgehead atoms. The van der Waals surface area contributed by atoms with Crippen LogP contribution in [0, 0.1) is 0 Å². The summed E-state index contributed by atoms with van der Waals surface area (Å²) in [6.07, 6.45) is 0.737. The quantitative estimate of drug-likeness (QED) is 0.813. The molecule has 0 spiro atoms. The molecular formula is C15H26N2O2S. The van der Waals surface area contributed by atoms with Crippen molar-refractivity contribution in [2.24, 2.45) is 0 Å². The van der Waals surface area contributed by atoms with Gasteiger partial charge in [-0.25, -0.2) is 13.1 Å². The molecule has 1 rings (SSSR count). The van der Waals surface area contributed by atoms with Gasteiger partial charge in [0, 0.05) is 18.1 Å². The van der Waals surface area contributed by atoms with E-state index in [4.69, 9.17) is 0 Å².